The van der Waals surface area contributed by atoms with E-state index in [1.165, 1.54) is 29.9 Å². The van der Waals surface area contributed by atoms with Crippen molar-refractivity contribution in [2.75, 3.05) is 19.6 Å². The highest BCUT2D eigenvalue weighted by Gasteiger charge is 2.35. The molecule has 4 rings (SSSR count). The number of benzene rings is 2. The Labute approximate surface area is 175 Å². The zero-order chi connectivity index (χ0) is 20.9. The van der Waals surface area contributed by atoms with E-state index in [1.54, 1.807) is 29.2 Å². The van der Waals surface area contributed by atoms with Crippen molar-refractivity contribution < 1.29 is 18.7 Å². The van der Waals surface area contributed by atoms with Crippen molar-refractivity contribution in [2.24, 2.45) is 0 Å². The van der Waals surface area contributed by atoms with Gasteiger partial charge in [-0.15, -0.1) is 0 Å². The van der Waals surface area contributed by atoms with Crippen molar-refractivity contribution in [2.45, 2.75) is 38.3 Å². The van der Waals surface area contributed by atoms with E-state index in [2.05, 4.69) is 5.32 Å². The molecule has 7 heteroatoms. The van der Waals surface area contributed by atoms with Gasteiger partial charge in [0.1, 0.15) is 23.9 Å². The van der Waals surface area contributed by atoms with Crippen LogP contribution in [0.4, 0.5) is 9.18 Å². The minimum Gasteiger partial charge on any atom is -0.457 e. The Hall–Kier alpha value is -2.93. The quantitative estimate of drug-likeness (QED) is 0.702. The summed E-state index contributed by atoms with van der Waals surface area (Å²) in [7, 11) is 0. The predicted molar refractivity (Wildman–Crippen MR) is 111 cm³/mol. The van der Waals surface area contributed by atoms with Crippen LogP contribution in [0.15, 0.2) is 48.5 Å². The molecule has 0 aliphatic carbocycles. The number of nitrogens with zero attached hydrogens (tertiary/aromatic N) is 2. The maximum absolute atomic E-state index is 13.0. The van der Waals surface area contributed by atoms with Crippen LogP contribution < -0.4 is 10.1 Å². The first-order valence-electron chi connectivity index (χ1n) is 10.4. The van der Waals surface area contributed by atoms with Crippen molar-refractivity contribution in [3.63, 3.8) is 0 Å². The summed E-state index contributed by atoms with van der Waals surface area (Å²) in [6, 6.07) is 13.3. The summed E-state index contributed by atoms with van der Waals surface area (Å²) < 4.78 is 18.7. The van der Waals surface area contributed by atoms with Gasteiger partial charge in [0, 0.05) is 19.1 Å². The third-order valence-corrected chi connectivity index (χ3v) is 5.59. The first kappa shape index (κ1) is 20.3. The number of amides is 3. The Morgan fingerprint density at radius 3 is 2.37 bits per heavy atom. The number of carbonyl (C=O) groups is 2. The SMILES string of the molecule is O=C1CN(Cc2ccc(Oc3ccc(F)cc3)cc2)C(=O)N1CCC1CCCCN1. The van der Waals surface area contributed by atoms with Gasteiger partial charge in [-0.1, -0.05) is 18.6 Å². The molecule has 2 aromatic rings. The third-order valence-electron chi connectivity index (χ3n) is 5.59. The molecule has 0 bridgehead atoms. The van der Waals surface area contributed by atoms with Gasteiger partial charge in [0.15, 0.2) is 0 Å². The van der Waals surface area contributed by atoms with Crippen LogP contribution in [0, 0.1) is 5.82 Å². The summed E-state index contributed by atoms with van der Waals surface area (Å²) in [6.45, 7) is 1.97. The van der Waals surface area contributed by atoms with E-state index < -0.39 is 0 Å². The Morgan fingerprint density at radius 2 is 1.70 bits per heavy atom. The molecule has 2 heterocycles. The van der Waals surface area contributed by atoms with E-state index in [-0.39, 0.29) is 24.3 Å². The topological polar surface area (TPSA) is 61.9 Å². The summed E-state index contributed by atoms with van der Waals surface area (Å²) >= 11 is 0. The molecule has 0 spiro atoms. The number of hydrogen-bond acceptors (Lipinski definition) is 4. The highest BCUT2D eigenvalue weighted by Crippen LogP contribution is 2.23. The maximum Gasteiger partial charge on any atom is 0.327 e. The van der Waals surface area contributed by atoms with Gasteiger partial charge < -0.3 is 15.0 Å². The zero-order valence-electron chi connectivity index (χ0n) is 16.9. The van der Waals surface area contributed by atoms with Gasteiger partial charge in [-0.25, -0.2) is 9.18 Å². The molecule has 1 unspecified atom stereocenters. The second-order valence-corrected chi connectivity index (χ2v) is 7.82. The number of imide groups is 1. The Kier molecular flexibility index (Phi) is 6.28. The minimum absolute atomic E-state index is 0.116. The molecule has 2 saturated heterocycles. The van der Waals surface area contributed by atoms with Crippen LogP contribution in [-0.4, -0.2) is 47.4 Å². The highest BCUT2D eigenvalue weighted by atomic mass is 19.1. The van der Waals surface area contributed by atoms with Crippen LogP contribution in [0.5, 0.6) is 11.5 Å². The average Bonchev–Trinajstić information content (AvgIpc) is 3.03. The molecule has 3 amide bonds. The largest absolute Gasteiger partial charge is 0.457 e. The molecular formula is C23H26FN3O3. The lowest BCUT2D eigenvalue weighted by Gasteiger charge is -2.25. The van der Waals surface area contributed by atoms with Crippen LogP contribution >= 0.6 is 0 Å². The molecule has 30 heavy (non-hydrogen) atoms. The summed E-state index contributed by atoms with van der Waals surface area (Å²) in [5.74, 6) is 0.724. The van der Waals surface area contributed by atoms with Crippen LogP contribution in [0.25, 0.3) is 0 Å². The first-order chi connectivity index (χ1) is 14.6. The summed E-state index contributed by atoms with van der Waals surface area (Å²) in [5.41, 5.74) is 0.915. The molecule has 0 aromatic heterocycles. The molecular weight excluding hydrogens is 385 g/mol. The normalized spacial score (nSPS) is 19.4. The van der Waals surface area contributed by atoms with Gasteiger partial charge in [-0.2, -0.15) is 0 Å². The molecule has 2 aliphatic heterocycles. The molecule has 0 radical (unpaired) electrons. The van der Waals surface area contributed by atoms with Gasteiger partial charge in [-0.05, 0) is 67.8 Å². The highest BCUT2D eigenvalue weighted by molar-refractivity contribution is 6.01. The molecule has 158 valence electrons. The smallest absolute Gasteiger partial charge is 0.327 e. The monoisotopic (exact) mass is 411 g/mol. The van der Waals surface area contributed by atoms with Crippen molar-refractivity contribution in [3.8, 4) is 11.5 Å². The van der Waals surface area contributed by atoms with E-state index >= 15 is 0 Å². The van der Waals surface area contributed by atoms with Gasteiger partial charge in [0.2, 0.25) is 5.91 Å². The molecule has 1 atom stereocenters. The Morgan fingerprint density at radius 1 is 1.00 bits per heavy atom. The number of rotatable bonds is 7. The molecule has 0 saturated carbocycles. The second-order valence-electron chi connectivity index (χ2n) is 7.82. The van der Waals surface area contributed by atoms with E-state index in [0.29, 0.717) is 30.6 Å². The summed E-state index contributed by atoms with van der Waals surface area (Å²) in [6.07, 6.45) is 4.30. The fourth-order valence-corrected chi connectivity index (χ4v) is 3.91. The van der Waals surface area contributed by atoms with Crippen molar-refractivity contribution in [3.05, 3.63) is 59.9 Å². The predicted octanol–water partition coefficient (Wildman–Crippen LogP) is 3.91. The van der Waals surface area contributed by atoms with Gasteiger partial charge in [0.05, 0.1) is 0 Å². The van der Waals surface area contributed by atoms with Crippen LogP contribution in [0.3, 0.4) is 0 Å². The molecule has 2 aliphatic rings. The zero-order valence-corrected chi connectivity index (χ0v) is 16.9. The van der Waals surface area contributed by atoms with Gasteiger partial charge >= 0.3 is 6.03 Å². The van der Waals surface area contributed by atoms with Crippen LogP contribution in [0.2, 0.25) is 0 Å². The van der Waals surface area contributed by atoms with Crippen LogP contribution in [-0.2, 0) is 11.3 Å². The number of urea groups is 1. The van der Waals surface area contributed by atoms with E-state index in [0.717, 1.165) is 24.9 Å². The van der Waals surface area contributed by atoms with Crippen LogP contribution in [0.1, 0.15) is 31.2 Å². The molecule has 2 fully saturated rings. The lowest BCUT2D eigenvalue weighted by molar-refractivity contribution is -0.125. The fraction of sp³-hybridized carbons (Fsp3) is 0.391. The Balaban J connectivity index is 1.30. The molecule has 6 nitrogen and oxygen atoms in total. The van der Waals surface area contributed by atoms with E-state index in [9.17, 15) is 14.0 Å². The minimum atomic E-state index is -0.313. The molecule has 2 aromatic carbocycles. The second kappa shape index (κ2) is 9.26. The third kappa shape index (κ3) is 4.97. The van der Waals surface area contributed by atoms with Gasteiger partial charge in [0.25, 0.3) is 0 Å². The van der Waals surface area contributed by atoms with Crippen molar-refractivity contribution >= 4 is 11.9 Å². The van der Waals surface area contributed by atoms with Gasteiger partial charge in [-0.3, -0.25) is 9.69 Å². The molecule has 1 N–H and O–H groups in total. The summed E-state index contributed by atoms with van der Waals surface area (Å²) in [4.78, 5) is 28.0. The summed E-state index contributed by atoms with van der Waals surface area (Å²) in [5, 5.41) is 3.46. The number of hydrogen-bond donors (Lipinski definition) is 1. The lowest BCUT2D eigenvalue weighted by atomic mass is 10.0. The number of ether oxygens (including phenoxy) is 1. The van der Waals surface area contributed by atoms with Crippen molar-refractivity contribution in [1.82, 2.24) is 15.1 Å². The maximum atomic E-state index is 13.0. The van der Waals surface area contributed by atoms with E-state index in [1.807, 2.05) is 12.1 Å². The fourth-order valence-electron chi connectivity index (χ4n) is 3.91. The number of halogens is 1. The van der Waals surface area contributed by atoms with Crippen molar-refractivity contribution in [1.29, 1.82) is 0 Å². The Bertz CT molecular complexity index is 880. The van der Waals surface area contributed by atoms with E-state index in [4.69, 9.17) is 4.74 Å². The standard InChI is InChI=1S/C23H26FN3O3/c24-18-6-10-21(11-7-18)30-20-8-4-17(5-9-20)15-26-16-22(28)27(23(26)29)14-12-19-3-1-2-13-25-19/h4-11,19,25H,1-3,12-16H2. The lowest BCUT2D eigenvalue weighted by Crippen LogP contribution is -2.39. The number of nitrogens with one attached hydrogen (secondary N) is 1. The first-order valence-corrected chi connectivity index (χ1v) is 10.4. The number of carbonyl (C=O) groups excluding carboxylic acids is 2. The average molecular weight is 411 g/mol. The number of piperidine rings is 1.